The molecule has 3 aromatic rings. The molecular weight excluding hydrogens is 295 g/mol. The number of benzene rings is 1. The molecule has 116 valence electrons. The number of likely N-dealkylation sites (N-methyl/N-ethyl adjacent to an activating group) is 1. The number of nitrogens with zero attached hydrogens (tertiary/aromatic N) is 4. The Kier molecular flexibility index (Phi) is 3.04. The molecule has 0 N–H and O–H groups in total. The van der Waals surface area contributed by atoms with Crippen molar-refractivity contribution >= 4 is 22.9 Å². The highest BCUT2D eigenvalue weighted by atomic mass is 19.1. The highest BCUT2D eigenvalue weighted by molar-refractivity contribution is 6.08. The van der Waals surface area contributed by atoms with Crippen LogP contribution in [0.2, 0.25) is 0 Å². The first-order valence-electron chi connectivity index (χ1n) is 7.39. The maximum Gasteiger partial charge on any atom is 0.259 e. The molecule has 6 heteroatoms. The molecule has 0 spiro atoms. The molecule has 1 aliphatic heterocycles. The number of fused-ring (bicyclic) bond motifs is 2. The van der Waals surface area contributed by atoms with Crippen LogP contribution in [0.1, 0.15) is 10.4 Å². The van der Waals surface area contributed by atoms with Crippen molar-refractivity contribution in [3.8, 4) is 0 Å². The van der Waals surface area contributed by atoms with Crippen LogP contribution in [-0.4, -0.2) is 35.4 Å². The van der Waals surface area contributed by atoms with E-state index in [-0.39, 0.29) is 11.7 Å². The SMILES string of the molecule is CN1CCN(C(=O)c2ccc3nccn3c2)c2cc(F)ccc21. The van der Waals surface area contributed by atoms with Gasteiger partial charge in [-0.1, -0.05) is 0 Å². The van der Waals surface area contributed by atoms with Gasteiger partial charge >= 0.3 is 0 Å². The molecule has 2 aromatic heterocycles. The van der Waals surface area contributed by atoms with E-state index in [4.69, 9.17) is 0 Å². The number of hydrogen-bond acceptors (Lipinski definition) is 3. The van der Waals surface area contributed by atoms with Crippen molar-refractivity contribution in [2.24, 2.45) is 0 Å². The molecule has 1 aliphatic rings. The third kappa shape index (κ3) is 2.23. The maximum atomic E-state index is 13.7. The van der Waals surface area contributed by atoms with Crippen LogP contribution in [0.3, 0.4) is 0 Å². The highest BCUT2D eigenvalue weighted by Crippen LogP contribution is 2.33. The Morgan fingerprint density at radius 2 is 2.04 bits per heavy atom. The van der Waals surface area contributed by atoms with Crippen molar-refractivity contribution in [3.63, 3.8) is 0 Å². The molecule has 0 aliphatic carbocycles. The first-order valence-corrected chi connectivity index (χ1v) is 7.39. The molecule has 0 unspecified atom stereocenters. The largest absolute Gasteiger partial charge is 0.371 e. The van der Waals surface area contributed by atoms with Gasteiger partial charge in [-0.25, -0.2) is 9.37 Å². The average Bonchev–Trinajstić information content (AvgIpc) is 3.02. The third-order valence-electron chi connectivity index (χ3n) is 4.18. The van der Waals surface area contributed by atoms with E-state index < -0.39 is 0 Å². The second-order valence-corrected chi connectivity index (χ2v) is 5.62. The highest BCUT2D eigenvalue weighted by Gasteiger charge is 2.26. The Bertz CT molecular complexity index is 904. The fourth-order valence-corrected chi connectivity index (χ4v) is 2.94. The van der Waals surface area contributed by atoms with Gasteiger partial charge in [0, 0.05) is 38.7 Å². The number of carbonyl (C=O) groups is 1. The molecule has 0 atom stereocenters. The van der Waals surface area contributed by atoms with E-state index in [1.54, 1.807) is 46.1 Å². The lowest BCUT2D eigenvalue weighted by atomic mass is 10.1. The first kappa shape index (κ1) is 13.8. The maximum absolute atomic E-state index is 13.7. The summed E-state index contributed by atoms with van der Waals surface area (Å²) in [5.74, 6) is -0.484. The topological polar surface area (TPSA) is 40.8 Å². The summed E-state index contributed by atoms with van der Waals surface area (Å²) in [4.78, 5) is 20.7. The lowest BCUT2D eigenvalue weighted by molar-refractivity contribution is 0.0986. The summed E-state index contributed by atoms with van der Waals surface area (Å²) in [6.45, 7) is 1.23. The third-order valence-corrected chi connectivity index (χ3v) is 4.18. The molecule has 1 aromatic carbocycles. The number of rotatable bonds is 1. The molecule has 0 saturated heterocycles. The zero-order valence-corrected chi connectivity index (χ0v) is 12.6. The predicted molar refractivity (Wildman–Crippen MR) is 86.5 cm³/mol. The Morgan fingerprint density at radius 1 is 1.17 bits per heavy atom. The minimum Gasteiger partial charge on any atom is -0.371 e. The molecule has 0 radical (unpaired) electrons. The van der Waals surface area contributed by atoms with Crippen molar-refractivity contribution < 1.29 is 9.18 Å². The van der Waals surface area contributed by atoms with Crippen molar-refractivity contribution in [1.29, 1.82) is 0 Å². The van der Waals surface area contributed by atoms with Gasteiger partial charge in [-0.05, 0) is 30.3 Å². The van der Waals surface area contributed by atoms with E-state index in [0.29, 0.717) is 24.3 Å². The fourth-order valence-electron chi connectivity index (χ4n) is 2.94. The van der Waals surface area contributed by atoms with E-state index in [2.05, 4.69) is 4.98 Å². The monoisotopic (exact) mass is 310 g/mol. The summed E-state index contributed by atoms with van der Waals surface area (Å²) in [5.41, 5.74) is 2.80. The van der Waals surface area contributed by atoms with Gasteiger partial charge in [0.25, 0.3) is 5.91 Å². The van der Waals surface area contributed by atoms with E-state index in [0.717, 1.165) is 11.3 Å². The second-order valence-electron chi connectivity index (χ2n) is 5.62. The standard InChI is InChI=1S/C17H15FN4O/c1-20-8-9-22(15-10-13(18)3-4-14(15)20)17(23)12-2-5-16-19-6-7-21(16)11-12/h2-7,10-11H,8-9H2,1H3. The van der Waals surface area contributed by atoms with Gasteiger partial charge in [0.05, 0.1) is 16.9 Å². The lowest BCUT2D eigenvalue weighted by Gasteiger charge is -2.35. The number of anilines is 2. The van der Waals surface area contributed by atoms with Crippen LogP contribution in [-0.2, 0) is 0 Å². The molecular formula is C17H15FN4O. The average molecular weight is 310 g/mol. The van der Waals surface area contributed by atoms with Gasteiger partial charge in [-0.15, -0.1) is 0 Å². The smallest absolute Gasteiger partial charge is 0.259 e. The molecule has 4 rings (SSSR count). The summed E-state index contributed by atoms with van der Waals surface area (Å²) in [6.07, 6.45) is 5.23. The molecule has 0 saturated carbocycles. The van der Waals surface area contributed by atoms with Crippen LogP contribution in [0, 0.1) is 5.82 Å². The summed E-state index contributed by atoms with van der Waals surface area (Å²) in [7, 11) is 1.94. The van der Waals surface area contributed by atoms with Crippen molar-refractivity contribution in [3.05, 3.63) is 60.3 Å². The number of carbonyl (C=O) groups excluding carboxylic acids is 1. The van der Waals surface area contributed by atoms with Crippen LogP contribution in [0.5, 0.6) is 0 Å². The van der Waals surface area contributed by atoms with Gasteiger partial charge in [-0.2, -0.15) is 0 Å². The van der Waals surface area contributed by atoms with Crippen LogP contribution >= 0.6 is 0 Å². The van der Waals surface area contributed by atoms with E-state index >= 15 is 0 Å². The summed E-state index contributed by atoms with van der Waals surface area (Å²) >= 11 is 0. The molecule has 5 nitrogen and oxygen atoms in total. The number of halogens is 1. The van der Waals surface area contributed by atoms with Crippen LogP contribution in [0.4, 0.5) is 15.8 Å². The van der Waals surface area contributed by atoms with Gasteiger partial charge in [-0.3, -0.25) is 4.79 Å². The number of aromatic nitrogens is 2. The van der Waals surface area contributed by atoms with E-state index in [9.17, 15) is 9.18 Å². The van der Waals surface area contributed by atoms with Gasteiger partial charge < -0.3 is 14.2 Å². The Labute approximate surface area is 132 Å². The summed E-state index contributed by atoms with van der Waals surface area (Å²) in [6, 6.07) is 8.10. The van der Waals surface area contributed by atoms with E-state index in [1.165, 1.54) is 12.1 Å². The van der Waals surface area contributed by atoms with Crippen molar-refractivity contribution in [1.82, 2.24) is 9.38 Å². The molecule has 23 heavy (non-hydrogen) atoms. The molecule has 0 bridgehead atoms. The minimum atomic E-state index is -0.345. The van der Waals surface area contributed by atoms with Crippen LogP contribution < -0.4 is 9.80 Å². The van der Waals surface area contributed by atoms with Crippen molar-refractivity contribution in [2.75, 3.05) is 29.9 Å². The molecule has 3 heterocycles. The Morgan fingerprint density at radius 3 is 2.91 bits per heavy atom. The molecule has 0 fully saturated rings. The normalized spacial score (nSPS) is 14.2. The Balaban J connectivity index is 1.76. The summed E-state index contributed by atoms with van der Waals surface area (Å²) < 4.78 is 15.5. The van der Waals surface area contributed by atoms with Gasteiger partial charge in [0.2, 0.25) is 0 Å². The predicted octanol–water partition coefficient (Wildman–Crippen LogP) is 2.57. The van der Waals surface area contributed by atoms with Crippen molar-refractivity contribution in [2.45, 2.75) is 0 Å². The minimum absolute atomic E-state index is 0.138. The summed E-state index contributed by atoms with van der Waals surface area (Å²) in [5, 5.41) is 0. The van der Waals surface area contributed by atoms with Crippen LogP contribution in [0.25, 0.3) is 5.65 Å². The fraction of sp³-hybridized carbons (Fsp3) is 0.176. The Hall–Kier alpha value is -2.89. The zero-order chi connectivity index (χ0) is 16.0. The lowest BCUT2D eigenvalue weighted by Crippen LogP contribution is -2.42. The molecule has 1 amide bonds. The zero-order valence-electron chi connectivity index (χ0n) is 12.6. The van der Waals surface area contributed by atoms with E-state index in [1.807, 2.05) is 11.9 Å². The number of hydrogen-bond donors (Lipinski definition) is 0. The van der Waals surface area contributed by atoms with Gasteiger partial charge in [0.1, 0.15) is 11.5 Å². The van der Waals surface area contributed by atoms with Gasteiger partial charge in [0.15, 0.2) is 0 Å². The van der Waals surface area contributed by atoms with Crippen LogP contribution in [0.15, 0.2) is 48.9 Å². The second kappa shape index (κ2) is 5.08. The first-order chi connectivity index (χ1) is 11.1. The number of pyridine rings is 1. The number of imidazole rings is 1. The number of amides is 1. The quantitative estimate of drug-likeness (QED) is 0.693.